The molecule has 0 atom stereocenters. The lowest BCUT2D eigenvalue weighted by Gasteiger charge is -2.20. The van der Waals surface area contributed by atoms with Gasteiger partial charge in [0, 0.05) is 17.6 Å². The molecule has 0 saturated heterocycles. The zero-order valence-electron chi connectivity index (χ0n) is 9.73. The van der Waals surface area contributed by atoms with E-state index in [1.807, 2.05) is 36.1 Å². The Hall–Kier alpha value is -2.09. The van der Waals surface area contributed by atoms with Crippen LogP contribution in [0.1, 0.15) is 5.56 Å². The largest absolute Gasteiger partial charge is 0.318 e. The minimum absolute atomic E-state index is 0.235. The third kappa shape index (κ3) is 2.53. The van der Waals surface area contributed by atoms with E-state index in [2.05, 4.69) is 6.58 Å². The molecule has 0 aliphatic heterocycles. The van der Waals surface area contributed by atoms with Crippen LogP contribution in [-0.4, -0.2) is 0 Å². The molecular formula is C15H14FN. The van der Waals surface area contributed by atoms with E-state index in [9.17, 15) is 4.39 Å². The van der Waals surface area contributed by atoms with Crippen molar-refractivity contribution in [3.8, 4) is 0 Å². The molecule has 0 aliphatic rings. The van der Waals surface area contributed by atoms with E-state index in [0.29, 0.717) is 0 Å². The summed E-state index contributed by atoms with van der Waals surface area (Å²) >= 11 is 0. The molecule has 0 unspecified atom stereocenters. The highest BCUT2D eigenvalue weighted by Gasteiger charge is 2.05. The van der Waals surface area contributed by atoms with Gasteiger partial charge in [0.1, 0.15) is 5.82 Å². The van der Waals surface area contributed by atoms with Crippen molar-refractivity contribution in [2.24, 2.45) is 0 Å². The summed E-state index contributed by atoms with van der Waals surface area (Å²) in [6, 6.07) is 14.5. The molecule has 0 N–H and O–H groups in total. The molecule has 0 heterocycles. The summed E-state index contributed by atoms with van der Waals surface area (Å²) in [4.78, 5) is 1.92. The third-order valence-corrected chi connectivity index (χ3v) is 2.60. The molecule has 2 aromatic carbocycles. The van der Waals surface area contributed by atoms with Gasteiger partial charge in [-0.15, -0.1) is 0 Å². The second kappa shape index (κ2) is 4.83. The maximum absolute atomic E-state index is 12.9. The van der Waals surface area contributed by atoms with E-state index in [4.69, 9.17) is 0 Å². The standard InChI is InChI=1S/C15H14FN/c1-3-17(14-8-4-12(2)5-9-14)15-10-6-13(16)7-11-15/h3-11H,1H2,2H3. The molecular weight excluding hydrogens is 213 g/mol. The lowest BCUT2D eigenvalue weighted by Crippen LogP contribution is -2.07. The molecule has 2 aromatic rings. The molecule has 1 nitrogen and oxygen atoms in total. The molecule has 0 saturated carbocycles. The minimum Gasteiger partial charge on any atom is -0.318 e. The van der Waals surface area contributed by atoms with Crippen molar-refractivity contribution < 1.29 is 4.39 Å². The maximum atomic E-state index is 12.9. The molecule has 2 rings (SSSR count). The highest BCUT2D eigenvalue weighted by atomic mass is 19.1. The highest BCUT2D eigenvalue weighted by molar-refractivity contribution is 5.65. The first-order chi connectivity index (χ1) is 8.20. The van der Waals surface area contributed by atoms with Gasteiger partial charge in [-0.2, -0.15) is 0 Å². The van der Waals surface area contributed by atoms with Gasteiger partial charge in [-0.05, 0) is 43.3 Å². The van der Waals surface area contributed by atoms with Crippen molar-refractivity contribution in [1.29, 1.82) is 0 Å². The summed E-state index contributed by atoms with van der Waals surface area (Å²) in [6.07, 6.45) is 1.72. The van der Waals surface area contributed by atoms with Crippen molar-refractivity contribution in [3.05, 3.63) is 72.7 Å². The Morgan fingerprint density at radius 3 is 1.88 bits per heavy atom. The smallest absolute Gasteiger partial charge is 0.123 e. The van der Waals surface area contributed by atoms with Gasteiger partial charge in [-0.3, -0.25) is 0 Å². The van der Waals surface area contributed by atoms with Gasteiger partial charge in [-0.25, -0.2) is 4.39 Å². The molecule has 0 radical (unpaired) electrons. The summed E-state index contributed by atoms with van der Waals surface area (Å²) in [5.41, 5.74) is 3.11. The van der Waals surface area contributed by atoms with Crippen molar-refractivity contribution in [2.75, 3.05) is 4.90 Å². The van der Waals surface area contributed by atoms with Gasteiger partial charge >= 0.3 is 0 Å². The lowest BCUT2D eigenvalue weighted by atomic mass is 10.2. The predicted octanol–water partition coefficient (Wildman–Crippen LogP) is 4.42. The third-order valence-electron chi connectivity index (χ3n) is 2.60. The monoisotopic (exact) mass is 227 g/mol. The second-order valence-electron chi connectivity index (χ2n) is 3.86. The highest BCUT2D eigenvalue weighted by Crippen LogP contribution is 2.25. The van der Waals surface area contributed by atoms with E-state index in [1.165, 1.54) is 17.7 Å². The zero-order chi connectivity index (χ0) is 12.3. The topological polar surface area (TPSA) is 3.24 Å². The van der Waals surface area contributed by atoms with Gasteiger partial charge in [0.2, 0.25) is 0 Å². The van der Waals surface area contributed by atoms with E-state index >= 15 is 0 Å². The van der Waals surface area contributed by atoms with Crippen LogP contribution in [0.5, 0.6) is 0 Å². The van der Waals surface area contributed by atoms with E-state index in [-0.39, 0.29) is 5.82 Å². The number of halogens is 1. The molecule has 0 spiro atoms. The Morgan fingerprint density at radius 1 is 0.941 bits per heavy atom. The molecule has 0 aliphatic carbocycles. The van der Waals surface area contributed by atoms with Crippen molar-refractivity contribution >= 4 is 11.4 Å². The Balaban J connectivity index is 2.36. The van der Waals surface area contributed by atoms with Gasteiger partial charge in [0.25, 0.3) is 0 Å². The summed E-state index contributed by atoms with van der Waals surface area (Å²) in [5, 5.41) is 0. The molecule has 0 fully saturated rings. The maximum Gasteiger partial charge on any atom is 0.123 e. The Labute approximate surface area is 101 Å². The normalized spacial score (nSPS) is 10.0. The van der Waals surface area contributed by atoms with Crippen LogP contribution in [0.2, 0.25) is 0 Å². The first kappa shape index (κ1) is 11.4. The van der Waals surface area contributed by atoms with Crippen LogP contribution in [0.15, 0.2) is 61.3 Å². The van der Waals surface area contributed by atoms with E-state index in [0.717, 1.165) is 11.4 Å². The van der Waals surface area contributed by atoms with Gasteiger partial charge in [0.15, 0.2) is 0 Å². The number of nitrogens with zero attached hydrogens (tertiary/aromatic N) is 1. The van der Waals surface area contributed by atoms with Crippen LogP contribution in [0, 0.1) is 12.7 Å². The number of benzene rings is 2. The van der Waals surface area contributed by atoms with Crippen LogP contribution in [0.25, 0.3) is 0 Å². The fourth-order valence-electron chi connectivity index (χ4n) is 1.67. The molecule has 0 amide bonds. The summed E-state index contributed by atoms with van der Waals surface area (Å²) < 4.78 is 12.9. The molecule has 17 heavy (non-hydrogen) atoms. The second-order valence-corrected chi connectivity index (χ2v) is 3.86. The first-order valence-corrected chi connectivity index (χ1v) is 5.45. The number of rotatable bonds is 3. The summed E-state index contributed by atoms with van der Waals surface area (Å²) in [6.45, 7) is 5.83. The Bertz CT molecular complexity index is 454. The van der Waals surface area contributed by atoms with E-state index in [1.54, 1.807) is 18.3 Å². The van der Waals surface area contributed by atoms with Gasteiger partial charge < -0.3 is 4.90 Å². The lowest BCUT2D eigenvalue weighted by molar-refractivity contribution is 0.628. The Kier molecular flexibility index (Phi) is 3.24. The number of anilines is 2. The van der Waals surface area contributed by atoms with Crippen LogP contribution < -0.4 is 4.90 Å². The fourth-order valence-corrected chi connectivity index (χ4v) is 1.67. The number of hydrogen-bond acceptors (Lipinski definition) is 1. The molecule has 0 bridgehead atoms. The van der Waals surface area contributed by atoms with Crippen LogP contribution >= 0.6 is 0 Å². The van der Waals surface area contributed by atoms with Crippen LogP contribution in [0.4, 0.5) is 15.8 Å². The molecule has 0 aromatic heterocycles. The SMILES string of the molecule is C=CN(c1ccc(C)cc1)c1ccc(F)cc1. The Morgan fingerprint density at radius 2 is 1.41 bits per heavy atom. The van der Waals surface area contributed by atoms with Crippen LogP contribution in [-0.2, 0) is 0 Å². The average Bonchev–Trinajstić information content (AvgIpc) is 2.35. The quantitative estimate of drug-likeness (QED) is 0.750. The number of aryl methyl sites for hydroxylation is 1. The van der Waals surface area contributed by atoms with Gasteiger partial charge in [0.05, 0.1) is 0 Å². The van der Waals surface area contributed by atoms with Crippen LogP contribution in [0.3, 0.4) is 0 Å². The summed E-state index contributed by atoms with van der Waals surface area (Å²) in [5.74, 6) is -0.235. The first-order valence-electron chi connectivity index (χ1n) is 5.45. The molecule has 86 valence electrons. The minimum atomic E-state index is -0.235. The van der Waals surface area contributed by atoms with Crippen molar-refractivity contribution in [2.45, 2.75) is 6.92 Å². The zero-order valence-corrected chi connectivity index (χ0v) is 9.73. The average molecular weight is 227 g/mol. The fraction of sp³-hybridized carbons (Fsp3) is 0.0667. The van der Waals surface area contributed by atoms with Gasteiger partial charge in [-0.1, -0.05) is 24.3 Å². The van der Waals surface area contributed by atoms with Crippen molar-refractivity contribution in [1.82, 2.24) is 0 Å². The molecule has 2 heteroatoms. The van der Waals surface area contributed by atoms with Crippen molar-refractivity contribution in [3.63, 3.8) is 0 Å². The summed E-state index contributed by atoms with van der Waals surface area (Å²) in [7, 11) is 0. The predicted molar refractivity (Wildman–Crippen MR) is 69.9 cm³/mol. The number of hydrogen-bond donors (Lipinski definition) is 0. The van der Waals surface area contributed by atoms with E-state index < -0.39 is 0 Å².